The van der Waals surface area contributed by atoms with Crippen molar-refractivity contribution in [1.82, 2.24) is 15.5 Å². The molecule has 0 saturated carbocycles. The maximum absolute atomic E-state index is 12.0. The van der Waals surface area contributed by atoms with Gasteiger partial charge >= 0.3 is 0 Å². The van der Waals surface area contributed by atoms with Gasteiger partial charge in [-0.25, -0.2) is 0 Å². The van der Waals surface area contributed by atoms with Crippen LogP contribution in [0.1, 0.15) is 41.0 Å². The van der Waals surface area contributed by atoms with Gasteiger partial charge in [-0.1, -0.05) is 13.8 Å². The van der Waals surface area contributed by atoms with Crippen LogP contribution in [0.2, 0.25) is 0 Å². The van der Waals surface area contributed by atoms with Gasteiger partial charge in [-0.05, 0) is 57.2 Å². The molecule has 0 fully saturated rings. The summed E-state index contributed by atoms with van der Waals surface area (Å²) >= 11 is 0. The van der Waals surface area contributed by atoms with Gasteiger partial charge in [0.05, 0.1) is 0 Å². The van der Waals surface area contributed by atoms with Gasteiger partial charge in [0.15, 0.2) is 0 Å². The number of amides is 2. The summed E-state index contributed by atoms with van der Waals surface area (Å²) in [5, 5.41) is 5.73. The van der Waals surface area contributed by atoms with Crippen LogP contribution in [0, 0.1) is 5.92 Å². The smallest absolute Gasteiger partial charge is 0.251 e. The van der Waals surface area contributed by atoms with Crippen molar-refractivity contribution >= 4 is 11.8 Å². The molecule has 0 unspecified atom stereocenters. The molecule has 0 aliphatic rings. The molecular weight excluding hydrogens is 278 g/mol. The largest absolute Gasteiger partial charge is 0.352 e. The van der Waals surface area contributed by atoms with E-state index >= 15 is 0 Å². The van der Waals surface area contributed by atoms with Crippen LogP contribution in [-0.2, 0) is 0 Å². The Balaban J connectivity index is 2.46. The van der Waals surface area contributed by atoms with E-state index in [1.165, 1.54) is 0 Å². The molecule has 5 heteroatoms. The lowest BCUT2D eigenvalue weighted by Crippen LogP contribution is -2.28. The van der Waals surface area contributed by atoms with E-state index in [4.69, 9.17) is 0 Å². The Morgan fingerprint density at radius 3 is 1.95 bits per heavy atom. The van der Waals surface area contributed by atoms with Gasteiger partial charge in [-0.15, -0.1) is 0 Å². The number of rotatable bonds is 8. The highest BCUT2D eigenvalue weighted by molar-refractivity contribution is 5.97. The number of benzene rings is 1. The van der Waals surface area contributed by atoms with Crippen molar-refractivity contribution in [1.29, 1.82) is 0 Å². The molecule has 0 bridgehead atoms. The molecule has 0 aromatic heterocycles. The molecule has 2 amide bonds. The SMILES string of the molecule is CC(C)CNC(=O)c1ccc(C(=O)NCCCN(C)C)cc1. The molecular formula is C17H27N3O2. The molecule has 0 aliphatic carbocycles. The summed E-state index contributed by atoms with van der Waals surface area (Å²) in [4.78, 5) is 25.9. The highest BCUT2D eigenvalue weighted by atomic mass is 16.2. The van der Waals surface area contributed by atoms with Crippen molar-refractivity contribution in [2.45, 2.75) is 20.3 Å². The molecule has 0 spiro atoms. The van der Waals surface area contributed by atoms with E-state index in [1.54, 1.807) is 24.3 Å². The molecule has 122 valence electrons. The van der Waals surface area contributed by atoms with Gasteiger partial charge in [0, 0.05) is 24.2 Å². The van der Waals surface area contributed by atoms with Crippen LogP contribution in [0.4, 0.5) is 0 Å². The number of nitrogens with zero attached hydrogens (tertiary/aromatic N) is 1. The highest BCUT2D eigenvalue weighted by Crippen LogP contribution is 2.05. The molecule has 22 heavy (non-hydrogen) atoms. The van der Waals surface area contributed by atoms with E-state index in [-0.39, 0.29) is 11.8 Å². The molecule has 1 aromatic carbocycles. The molecule has 0 aliphatic heterocycles. The number of nitrogens with one attached hydrogen (secondary N) is 2. The minimum absolute atomic E-state index is 0.104. The molecule has 0 saturated heterocycles. The van der Waals surface area contributed by atoms with Crippen LogP contribution in [0.15, 0.2) is 24.3 Å². The van der Waals surface area contributed by atoms with Crippen LogP contribution in [-0.4, -0.2) is 50.4 Å². The Kier molecular flexibility index (Phi) is 7.60. The Labute approximate surface area is 133 Å². The normalized spacial score (nSPS) is 10.8. The topological polar surface area (TPSA) is 61.4 Å². The Bertz CT molecular complexity index is 481. The van der Waals surface area contributed by atoms with Crippen LogP contribution in [0.3, 0.4) is 0 Å². The fourth-order valence-electron chi connectivity index (χ4n) is 1.87. The lowest BCUT2D eigenvalue weighted by molar-refractivity contribution is 0.0938. The predicted octanol–water partition coefficient (Wildman–Crippen LogP) is 1.75. The van der Waals surface area contributed by atoms with Crippen LogP contribution >= 0.6 is 0 Å². The van der Waals surface area contributed by atoms with Gasteiger partial charge in [0.25, 0.3) is 11.8 Å². The van der Waals surface area contributed by atoms with E-state index in [1.807, 2.05) is 27.9 Å². The first-order valence-corrected chi connectivity index (χ1v) is 7.71. The molecule has 0 radical (unpaired) electrons. The first-order valence-electron chi connectivity index (χ1n) is 7.71. The van der Waals surface area contributed by atoms with Gasteiger partial charge in [0.1, 0.15) is 0 Å². The summed E-state index contributed by atoms with van der Waals surface area (Å²) in [5.74, 6) is 0.204. The van der Waals surface area contributed by atoms with E-state index < -0.39 is 0 Å². The lowest BCUT2D eigenvalue weighted by atomic mass is 10.1. The van der Waals surface area contributed by atoms with Crippen molar-refractivity contribution in [3.63, 3.8) is 0 Å². The van der Waals surface area contributed by atoms with Crippen LogP contribution in [0.25, 0.3) is 0 Å². The highest BCUT2D eigenvalue weighted by Gasteiger charge is 2.08. The maximum atomic E-state index is 12.0. The molecule has 5 nitrogen and oxygen atoms in total. The second-order valence-corrected chi connectivity index (χ2v) is 6.09. The quantitative estimate of drug-likeness (QED) is 0.719. The zero-order chi connectivity index (χ0) is 16.5. The fourth-order valence-corrected chi connectivity index (χ4v) is 1.87. The third kappa shape index (κ3) is 6.72. The summed E-state index contributed by atoms with van der Waals surface area (Å²) in [7, 11) is 4.01. The minimum atomic E-state index is -0.105. The van der Waals surface area contributed by atoms with E-state index in [0.29, 0.717) is 30.1 Å². The summed E-state index contributed by atoms with van der Waals surface area (Å²) < 4.78 is 0. The number of carbonyl (C=O) groups is 2. The van der Waals surface area contributed by atoms with Crippen molar-refractivity contribution in [3.8, 4) is 0 Å². The average Bonchev–Trinajstić information content (AvgIpc) is 2.49. The third-order valence-electron chi connectivity index (χ3n) is 3.15. The standard InChI is InChI=1S/C17H27N3O2/c1-13(2)12-19-17(22)15-8-6-14(7-9-15)16(21)18-10-5-11-20(3)4/h6-9,13H,5,10-12H2,1-4H3,(H,18,21)(H,19,22). The lowest BCUT2D eigenvalue weighted by Gasteiger charge is -2.10. The second-order valence-electron chi connectivity index (χ2n) is 6.09. The Morgan fingerprint density at radius 1 is 1.00 bits per heavy atom. The van der Waals surface area contributed by atoms with Gasteiger partial charge < -0.3 is 15.5 Å². The average molecular weight is 305 g/mol. The van der Waals surface area contributed by atoms with Crippen molar-refractivity contribution in [2.24, 2.45) is 5.92 Å². The van der Waals surface area contributed by atoms with Gasteiger partial charge in [-0.3, -0.25) is 9.59 Å². The zero-order valence-electron chi connectivity index (χ0n) is 14.0. The zero-order valence-corrected chi connectivity index (χ0v) is 14.0. The Hall–Kier alpha value is -1.88. The van der Waals surface area contributed by atoms with Crippen molar-refractivity contribution in [2.75, 3.05) is 33.7 Å². The van der Waals surface area contributed by atoms with Gasteiger partial charge in [-0.2, -0.15) is 0 Å². The monoisotopic (exact) mass is 305 g/mol. The molecule has 0 atom stereocenters. The Morgan fingerprint density at radius 2 is 1.50 bits per heavy atom. The van der Waals surface area contributed by atoms with Gasteiger partial charge in [0.2, 0.25) is 0 Å². The van der Waals surface area contributed by atoms with E-state index in [2.05, 4.69) is 15.5 Å². The summed E-state index contributed by atoms with van der Waals surface area (Å²) in [5.41, 5.74) is 1.15. The molecule has 1 aromatic rings. The molecule has 1 rings (SSSR count). The maximum Gasteiger partial charge on any atom is 0.251 e. The summed E-state index contributed by atoms with van der Waals surface area (Å²) in [6.07, 6.45) is 0.911. The molecule has 2 N–H and O–H groups in total. The number of carbonyl (C=O) groups excluding carboxylic acids is 2. The van der Waals surface area contributed by atoms with E-state index in [9.17, 15) is 9.59 Å². The number of hydrogen-bond acceptors (Lipinski definition) is 3. The molecule has 0 heterocycles. The first-order chi connectivity index (χ1) is 10.4. The van der Waals surface area contributed by atoms with Crippen LogP contribution < -0.4 is 10.6 Å². The van der Waals surface area contributed by atoms with Crippen LogP contribution in [0.5, 0.6) is 0 Å². The van der Waals surface area contributed by atoms with E-state index in [0.717, 1.165) is 13.0 Å². The fraction of sp³-hybridized carbons (Fsp3) is 0.529. The first kappa shape index (κ1) is 18.2. The summed E-state index contributed by atoms with van der Waals surface area (Å²) in [6, 6.07) is 6.74. The minimum Gasteiger partial charge on any atom is -0.352 e. The second kappa shape index (κ2) is 9.20. The summed E-state index contributed by atoms with van der Waals surface area (Å²) in [6.45, 7) is 6.32. The predicted molar refractivity (Wildman–Crippen MR) is 89.1 cm³/mol. The van der Waals surface area contributed by atoms with Crippen molar-refractivity contribution in [3.05, 3.63) is 35.4 Å². The van der Waals surface area contributed by atoms with Crippen molar-refractivity contribution < 1.29 is 9.59 Å². The third-order valence-corrected chi connectivity index (χ3v) is 3.15. The number of hydrogen-bond donors (Lipinski definition) is 2.